The smallest absolute Gasteiger partial charge is 0.328 e. The average Bonchev–Trinajstić information content (AvgIpc) is 2.35. The second-order valence-corrected chi connectivity index (χ2v) is 4.50. The molecule has 0 unspecified atom stereocenters. The Morgan fingerprint density at radius 3 is 2.63 bits per heavy atom. The maximum atomic E-state index is 11.0. The first-order valence-corrected chi connectivity index (χ1v) is 6.19. The lowest BCUT2D eigenvalue weighted by Crippen LogP contribution is -2.39. The van der Waals surface area contributed by atoms with Crippen LogP contribution in [0.5, 0.6) is 0 Å². The van der Waals surface area contributed by atoms with Gasteiger partial charge in [-0.2, -0.15) is 5.26 Å². The molecule has 0 amide bonds. The van der Waals surface area contributed by atoms with Crippen LogP contribution in [0.25, 0.3) is 0 Å². The summed E-state index contributed by atoms with van der Waals surface area (Å²) in [4.78, 5) is 11.0. The van der Waals surface area contributed by atoms with Gasteiger partial charge in [0.25, 0.3) is 0 Å². The first kappa shape index (κ1) is 15.3. The number of nitrogens with zero attached hydrogens (tertiary/aromatic N) is 1. The lowest BCUT2D eigenvalue weighted by atomic mass is 10.0. The van der Waals surface area contributed by atoms with Crippen LogP contribution in [0, 0.1) is 11.3 Å². The monoisotopic (exact) mass is 282 g/mol. The minimum atomic E-state index is -1.16. The van der Waals surface area contributed by atoms with Crippen LogP contribution in [0.4, 0.5) is 5.69 Å². The number of aliphatic carboxylic acids is 1. The molecule has 0 aliphatic carbocycles. The van der Waals surface area contributed by atoms with E-state index in [1.54, 1.807) is 6.07 Å². The van der Waals surface area contributed by atoms with Crippen molar-refractivity contribution in [3.8, 4) is 6.07 Å². The van der Waals surface area contributed by atoms with Crippen molar-refractivity contribution in [2.45, 2.75) is 32.4 Å². The van der Waals surface area contributed by atoms with E-state index in [2.05, 4.69) is 5.32 Å². The lowest BCUT2D eigenvalue weighted by molar-refractivity contribution is -0.140. The predicted octanol–water partition coefficient (Wildman–Crippen LogP) is 2.02. The summed E-state index contributed by atoms with van der Waals surface area (Å²) in [6.45, 7) is 3.24. The predicted molar refractivity (Wildman–Crippen MR) is 72.3 cm³/mol. The molecule has 102 valence electrons. The number of aliphatic hydroxyl groups is 1. The maximum absolute atomic E-state index is 11.0. The summed E-state index contributed by atoms with van der Waals surface area (Å²) in [6, 6.07) is 3.96. The summed E-state index contributed by atoms with van der Waals surface area (Å²) in [7, 11) is 0. The summed E-state index contributed by atoms with van der Waals surface area (Å²) < 4.78 is 0. The fourth-order valence-corrected chi connectivity index (χ4v) is 2.09. The highest BCUT2D eigenvalue weighted by Crippen LogP contribution is 2.29. The van der Waals surface area contributed by atoms with Crippen molar-refractivity contribution in [1.29, 1.82) is 5.26 Å². The number of aliphatic hydroxyl groups excluding tert-OH is 1. The van der Waals surface area contributed by atoms with Gasteiger partial charge < -0.3 is 15.5 Å². The quantitative estimate of drug-likeness (QED) is 0.768. The molecule has 2 atom stereocenters. The van der Waals surface area contributed by atoms with Gasteiger partial charge in [-0.15, -0.1) is 0 Å². The van der Waals surface area contributed by atoms with E-state index in [-0.39, 0.29) is 0 Å². The number of carboxylic acids is 1. The van der Waals surface area contributed by atoms with Crippen LogP contribution >= 0.6 is 11.6 Å². The van der Waals surface area contributed by atoms with Gasteiger partial charge in [-0.1, -0.05) is 18.5 Å². The Kier molecular flexibility index (Phi) is 5.16. The Labute approximate surface area is 116 Å². The van der Waals surface area contributed by atoms with Crippen molar-refractivity contribution in [3.63, 3.8) is 0 Å². The standard InChI is InChI=1S/C13H15ClN2O3/c1-3-9-10(5-4-8(6-15)11(9)14)16-12(7(2)17)13(18)19/h4-5,7,12,16-17H,3H2,1-2H3,(H,18,19)/t7-,12-/m1/s1. The zero-order valence-corrected chi connectivity index (χ0v) is 11.4. The second-order valence-electron chi connectivity index (χ2n) is 4.12. The number of hydrogen-bond acceptors (Lipinski definition) is 4. The molecule has 0 aliphatic heterocycles. The maximum Gasteiger partial charge on any atom is 0.328 e. The Hall–Kier alpha value is -1.77. The number of nitrogens with one attached hydrogen (secondary N) is 1. The molecule has 0 aromatic heterocycles. The summed E-state index contributed by atoms with van der Waals surface area (Å²) in [5.41, 5.74) is 1.51. The molecular weight excluding hydrogens is 268 g/mol. The molecule has 0 saturated carbocycles. The normalized spacial score (nSPS) is 13.4. The molecular formula is C13H15ClN2O3. The van der Waals surface area contributed by atoms with E-state index in [1.165, 1.54) is 13.0 Å². The Bertz CT molecular complexity index is 523. The van der Waals surface area contributed by atoms with Crippen molar-refractivity contribution in [1.82, 2.24) is 0 Å². The van der Waals surface area contributed by atoms with Crippen LogP contribution in [0.1, 0.15) is 25.0 Å². The SMILES string of the molecule is CCc1c(N[C@@H](C(=O)O)[C@@H](C)O)ccc(C#N)c1Cl. The molecule has 3 N–H and O–H groups in total. The number of carbonyl (C=O) groups is 1. The largest absolute Gasteiger partial charge is 0.480 e. The molecule has 19 heavy (non-hydrogen) atoms. The molecule has 0 saturated heterocycles. The van der Waals surface area contributed by atoms with Gasteiger partial charge in [0.2, 0.25) is 0 Å². The van der Waals surface area contributed by atoms with Crippen molar-refractivity contribution < 1.29 is 15.0 Å². The van der Waals surface area contributed by atoms with E-state index in [0.29, 0.717) is 28.3 Å². The number of carboxylic acid groups (broad SMARTS) is 1. The third-order valence-electron chi connectivity index (χ3n) is 2.78. The van der Waals surface area contributed by atoms with Crippen molar-refractivity contribution in [2.75, 3.05) is 5.32 Å². The van der Waals surface area contributed by atoms with Gasteiger partial charge >= 0.3 is 5.97 Å². The van der Waals surface area contributed by atoms with Gasteiger partial charge in [-0.25, -0.2) is 4.79 Å². The molecule has 1 aromatic rings. The molecule has 1 aromatic carbocycles. The van der Waals surface area contributed by atoms with Gasteiger partial charge in [-0.05, 0) is 31.0 Å². The van der Waals surface area contributed by atoms with E-state index >= 15 is 0 Å². The van der Waals surface area contributed by atoms with Crippen LogP contribution < -0.4 is 5.32 Å². The summed E-state index contributed by atoms with van der Waals surface area (Å²) in [6.07, 6.45) is -0.514. The highest BCUT2D eigenvalue weighted by Gasteiger charge is 2.24. The first-order chi connectivity index (χ1) is 8.92. The van der Waals surface area contributed by atoms with E-state index in [4.69, 9.17) is 22.0 Å². The fourth-order valence-electron chi connectivity index (χ4n) is 1.74. The van der Waals surface area contributed by atoms with Crippen LogP contribution in [0.15, 0.2) is 12.1 Å². The highest BCUT2D eigenvalue weighted by molar-refractivity contribution is 6.33. The summed E-state index contributed by atoms with van der Waals surface area (Å²) >= 11 is 6.08. The molecule has 0 spiro atoms. The number of hydrogen-bond donors (Lipinski definition) is 3. The molecule has 6 heteroatoms. The van der Waals surface area contributed by atoms with E-state index in [1.807, 2.05) is 13.0 Å². The van der Waals surface area contributed by atoms with Gasteiger partial charge in [0.15, 0.2) is 6.04 Å². The van der Waals surface area contributed by atoms with Crippen molar-refractivity contribution >= 4 is 23.3 Å². The van der Waals surface area contributed by atoms with Crippen LogP contribution in [0.2, 0.25) is 5.02 Å². The second kappa shape index (κ2) is 6.41. The minimum Gasteiger partial charge on any atom is -0.480 e. The first-order valence-electron chi connectivity index (χ1n) is 5.81. The molecule has 0 bridgehead atoms. The van der Waals surface area contributed by atoms with E-state index < -0.39 is 18.1 Å². The lowest BCUT2D eigenvalue weighted by Gasteiger charge is -2.21. The van der Waals surface area contributed by atoms with Gasteiger partial charge in [-0.3, -0.25) is 0 Å². The molecule has 0 aliphatic rings. The molecule has 0 fully saturated rings. The van der Waals surface area contributed by atoms with Crippen LogP contribution in [-0.4, -0.2) is 28.3 Å². The Balaban J connectivity index is 3.18. The average molecular weight is 283 g/mol. The number of anilines is 1. The number of halogens is 1. The van der Waals surface area contributed by atoms with E-state index in [0.717, 1.165) is 0 Å². The third kappa shape index (κ3) is 3.37. The van der Waals surface area contributed by atoms with Crippen LogP contribution in [0.3, 0.4) is 0 Å². The zero-order chi connectivity index (χ0) is 14.6. The number of nitriles is 1. The van der Waals surface area contributed by atoms with Crippen molar-refractivity contribution in [2.24, 2.45) is 0 Å². The zero-order valence-electron chi connectivity index (χ0n) is 10.6. The van der Waals surface area contributed by atoms with E-state index in [9.17, 15) is 9.90 Å². The number of rotatable bonds is 5. The molecule has 1 rings (SSSR count). The van der Waals surface area contributed by atoms with Crippen LogP contribution in [-0.2, 0) is 11.2 Å². The van der Waals surface area contributed by atoms with Gasteiger partial charge in [0.05, 0.1) is 16.7 Å². The Morgan fingerprint density at radius 1 is 1.58 bits per heavy atom. The fraction of sp³-hybridized carbons (Fsp3) is 0.385. The summed E-state index contributed by atoms with van der Waals surface area (Å²) in [5, 5.41) is 30.4. The van der Waals surface area contributed by atoms with Crippen molar-refractivity contribution in [3.05, 3.63) is 28.3 Å². The molecule has 0 radical (unpaired) electrons. The Morgan fingerprint density at radius 2 is 2.21 bits per heavy atom. The minimum absolute atomic E-state index is 0.310. The summed E-state index contributed by atoms with van der Waals surface area (Å²) in [5.74, 6) is -1.16. The highest BCUT2D eigenvalue weighted by atomic mass is 35.5. The van der Waals surface area contributed by atoms with Gasteiger partial charge in [0.1, 0.15) is 6.07 Å². The molecule has 0 heterocycles. The molecule has 5 nitrogen and oxygen atoms in total. The number of benzene rings is 1. The van der Waals surface area contributed by atoms with Gasteiger partial charge in [0, 0.05) is 5.69 Å². The topological polar surface area (TPSA) is 93.3 Å². The third-order valence-corrected chi connectivity index (χ3v) is 3.21.